The van der Waals surface area contributed by atoms with Crippen LogP contribution in [0.2, 0.25) is 0 Å². The fraction of sp³-hybridized carbons (Fsp3) is 0.423. The van der Waals surface area contributed by atoms with Crippen molar-refractivity contribution in [2.45, 2.75) is 56.7 Å². The molecule has 1 fully saturated rings. The number of amides is 2. The summed E-state index contributed by atoms with van der Waals surface area (Å²) < 4.78 is 5.60. The summed E-state index contributed by atoms with van der Waals surface area (Å²) in [6, 6.07) is 14.9. The predicted molar refractivity (Wildman–Crippen MR) is 125 cm³/mol. The second-order valence-electron chi connectivity index (χ2n) is 9.08. The van der Waals surface area contributed by atoms with E-state index in [1.54, 1.807) is 0 Å². The minimum Gasteiger partial charge on any atom is -0.480 e. The zero-order chi connectivity index (χ0) is 24.2. The Morgan fingerprint density at radius 1 is 0.971 bits per heavy atom. The molecule has 1 saturated carbocycles. The number of alkyl carbamates (subject to hydrolysis) is 1. The van der Waals surface area contributed by atoms with Gasteiger partial charge in [-0.25, -0.2) is 9.59 Å². The van der Waals surface area contributed by atoms with Gasteiger partial charge in [-0.3, -0.25) is 4.79 Å². The van der Waals surface area contributed by atoms with Crippen LogP contribution in [0.25, 0.3) is 11.1 Å². The maximum Gasteiger partial charge on any atom is 0.407 e. The molecule has 2 aliphatic rings. The Morgan fingerprint density at radius 2 is 1.53 bits per heavy atom. The van der Waals surface area contributed by atoms with Gasteiger partial charge in [0.25, 0.3) is 0 Å². The smallest absolute Gasteiger partial charge is 0.407 e. The maximum absolute atomic E-state index is 12.5. The number of carbonyl (C=O) groups excluding carboxylic acids is 2. The van der Waals surface area contributed by atoms with E-state index in [2.05, 4.69) is 34.9 Å². The Hall–Kier alpha value is -3.39. The van der Waals surface area contributed by atoms with Crippen LogP contribution >= 0.6 is 0 Å². The predicted octanol–water partition coefficient (Wildman–Crippen LogP) is 3.03. The molecule has 2 atom stereocenters. The third-order valence-corrected chi connectivity index (χ3v) is 6.81. The Kier molecular flexibility index (Phi) is 7.17. The molecule has 0 bridgehead atoms. The van der Waals surface area contributed by atoms with Crippen molar-refractivity contribution in [3.8, 4) is 11.1 Å². The van der Waals surface area contributed by atoms with Gasteiger partial charge >= 0.3 is 12.1 Å². The highest BCUT2D eigenvalue weighted by atomic mass is 16.5. The molecule has 8 heteroatoms. The van der Waals surface area contributed by atoms with Crippen LogP contribution in [0.3, 0.4) is 0 Å². The van der Waals surface area contributed by atoms with Crippen LogP contribution in [0.5, 0.6) is 0 Å². The molecule has 4 N–H and O–H groups in total. The van der Waals surface area contributed by atoms with E-state index in [1.165, 1.54) is 18.1 Å². The van der Waals surface area contributed by atoms with Crippen molar-refractivity contribution in [1.82, 2.24) is 10.6 Å². The molecule has 8 nitrogen and oxygen atoms in total. The first-order chi connectivity index (χ1) is 16.3. The van der Waals surface area contributed by atoms with Crippen LogP contribution in [0.15, 0.2) is 48.5 Å². The van der Waals surface area contributed by atoms with E-state index in [-0.39, 0.29) is 30.4 Å². The topological polar surface area (TPSA) is 125 Å². The van der Waals surface area contributed by atoms with Gasteiger partial charge in [0, 0.05) is 17.9 Å². The standard InChI is InChI=1S/C26H30N2O6/c1-15(29)23(25(31)32)28-24(30)16-10-12-17(13-11-16)27-26(33)34-14-22-20-8-4-2-6-18(20)19-7-3-5-9-21(19)22/h2-9,15-17,22-23,29H,10-14H2,1H3,(H,27,33)(H,28,30)(H,31,32)/t15-,16?,17?,23+/m1/s1. The Morgan fingerprint density at radius 3 is 2.06 bits per heavy atom. The number of carboxylic acids is 1. The zero-order valence-corrected chi connectivity index (χ0v) is 19.1. The molecule has 2 aliphatic carbocycles. The molecule has 180 valence electrons. The average molecular weight is 467 g/mol. The summed E-state index contributed by atoms with van der Waals surface area (Å²) in [5.74, 6) is -2.00. The highest BCUT2D eigenvalue weighted by Gasteiger charge is 2.32. The lowest BCUT2D eigenvalue weighted by atomic mass is 9.85. The van der Waals surface area contributed by atoms with Gasteiger partial charge in [0.15, 0.2) is 6.04 Å². The normalized spacial score (nSPS) is 21.0. The highest BCUT2D eigenvalue weighted by molar-refractivity contribution is 5.85. The molecule has 0 saturated heterocycles. The van der Waals surface area contributed by atoms with Gasteiger partial charge < -0.3 is 25.6 Å². The first-order valence-corrected chi connectivity index (χ1v) is 11.7. The lowest BCUT2D eigenvalue weighted by Gasteiger charge is -2.29. The molecule has 34 heavy (non-hydrogen) atoms. The van der Waals surface area contributed by atoms with Gasteiger partial charge in [0.1, 0.15) is 6.61 Å². The Labute approximate surface area is 198 Å². The monoisotopic (exact) mass is 466 g/mol. The lowest BCUT2D eigenvalue weighted by Crippen LogP contribution is -2.50. The van der Waals surface area contributed by atoms with Gasteiger partial charge in [-0.1, -0.05) is 48.5 Å². The van der Waals surface area contributed by atoms with Crippen molar-refractivity contribution >= 4 is 18.0 Å². The second kappa shape index (κ2) is 10.3. The minimum atomic E-state index is -1.33. The first kappa shape index (κ1) is 23.8. The number of nitrogens with one attached hydrogen (secondary N) is 2. The molecule has 0 aliphatic heterocycles. The van der Waals surface area contributed by atoms with Crippen LogP contribution in [0, 0.1) is 5.92 Å². The number of carboxylic acid groups (broad SMARTS) is 1. The molecule has 0 unspecified atom stereocenters. The van der Waals surface area contributed by atoms with Crippen molar-refractivity contribution in [1.29, 1.82) is 0 Å². The van der Waals surface area contributed by atoms with Crippen LogP contribution < -0.4 is 10.6 Å². The molecule has 0 heterocycles. The SMILES string of the molecule is C[C@@H](O)[C@H](NC(=O)C1CCC(NC(=O)OCC2c3ccccc3-c3ccccc32)CC1)C(=O)O. The molecular formula is C26H30N2O6. The number of fused-ring (bicyclic) bond motifs is 3. The van der Waals surface area contributed by atoms with Gasteiger partial charge in [0.2, 0.25) is 5.91 Å². The van der Waals surface area contributed by atoms with E-state index in [1.807, 2.05) is 24.3 Å². The third kappa shape index (κ3) is 5.07. The quantitative estimate of drug-likeness (QED) is 0.497. The lowest BCUT2D eigenvalue weighted by molar-refractivity contribution is -0.145. The summed E-state index contributed by atoms with van der Waals surface area (Å²) in [6.45, 7) is 1.57. The zero-order valence-electron chi connectivity index (χ0n) is 19.1. The number of aliphatic hydroxyl groups excluding tert-OH is 1. The van der Waals surface area contributed by atoms with Crippen molar-refractivity contribution in [2.75, 3.05) is 6.61 Å². The first-order valence-electron chi connectivity index (χ1n) is 11.7. The number of benzene rings is 2. The molecular weight excluding hydrogens is 436 g/mol. The summed E-state index contributed by atoms with van der Waals surface area (Å²) in [6.07, 6.45) is 0.560. The summed E-state index contributed by atoms with van der Waals surface area (Å²) in [5.41, 5.74) is 4.65. The second-order valence-corrected chi connectivity index (χ2v) is 9.08. The molecule has 2 aromatic rings. The van der Waals surface area contributed by atoms with Crippen molar-refractivity contribution < 1.29 is 29.3 Å². The van der Waals surface area contributed by atoms with Gasteiger partial charge in [-0.2, -0.15) is 0 Å². The summed E-state index contributed by atoms with van der Waals surface area (Å²) in [4.78, 5) is 36.1. The summed E-state index contributed by atoms with van der Waals surface area (Å²) in [7, 11) is 0. The molecule has 0 spiro atoms. The molecule has 0 aromatic heterocycles. The van der Waals surface area contributed by atoms with E-state index >= 15 is 0 Å². The number of aliphatic hydroxyl groups is 1. The summed E-state index contributed by atoms with van der Waals surface area (Å²) in [5, 5.41) is 24.0. The number of hydrogen-bond donors (Lipinski definition) is 4. The largest absolute Gasteiger partial charge is 0.480 e. The van der Waals surface area contributed by atoms with Crippen molar-refractivity contribution in [3.05, 3.63) is 59.7 Å². The Balaban J connectivity index is 1.26. The third-order valence-electron chi connectivity index (χ3n) is 6.81. The van der Waals surface area contributed by atoms with Crippen LogP contribution in [-0.4, -0.2) is 53.0 Å². The number of rotatable bonds is 7. The van der Waals surface area contributed by atoms with Crippen LogP contribution in [0.1, 0.15) is 49.7 Å². The van der Waals surface area contributed by atoms with E-state index in [0.717, 1.165) is 11.1 Å². The van der Waals surface area contributed by atoms with E-state index < -0.39 is 24.2 Å². The van der Waals surface area contributed by atoms with Crippen LogP contribution in [0.4, 0.5) is 4.79 Å². The van der Waals surface area contributed by atoms with E-state index in [0.29, 0.717) is 25.7 Å². The molecule has 2 aromatic carbocycles. The minimum absolute atomic E-state index is 0.00585. The number of ether oxygens (including phenoxy) is 1. The number of hydrogen-bond acceptors (Lipinski definition) is 5. The fourth-order valence-corrected chi connectivity index (χ4v) is 4.97. The van der Waals surface area contributed by atoms with E-state index in [9.17, 15) is 19.5 Å². The molecule has 0 radical (unpaired) electrons. The van der Waals surface area contributed by atoms with Crippen molar-refractivity contribution in [2.24, 2.45) is 5.92 Å². The van der Waals surface area contributed by atoms with Gasteiger partial charge in [0.05, 0.1) is 6.10 Å². The number of carbonyl (C=O) groups is 3. The average Bonchev–Trinajstić information content (AvgIpc) is 3.15. The van der Waals surface area contributed by atoms with Gasteiger partial charge in [-0.15, -0.1) is 0 Å². The van der Waals surface area contributed by atoms with Crippen molar-refractivity contribution in [3.63, 3.8) is 0 Å². The maximum atomic E-state index is 12.5. The number of aliphatic carboxylic acids is 1. The Bertz CT molecular complexity index is 1020. The van der Waals surface area contributed by atoms with Gasteiger partial charge in [-0.05, 0) is 54.9 Å². The van der Waals surface area contributed by atoms with Crippen LogP contribution in [-0.2, 0) is 14.3 Å². The molecule has 4 rings (SSSR count). The highest BCUT2D eigenvalue weighted by Crippen LogP contribution is 2.44. The summed E-state index contributed by atoms with van der Waals surface area (Å²) >= 11 is 0. The molecule has 2 amide bonds. The fourth-order valence-electron chi connectivity index (χ4n) is 4.97. The van der Waals surface area contributed by atoms with E-state index in [4.69, 9.17) is 9.84 Å².